The van der Waals surface area contributed by atoms with E-state index in [1.54, 1.807) is 26.2 Å². The van der Waals surface area contributed by atoms with Crippen LogP contribution in [-0.2, 0) is 10.0 Å². The Morgan fingerprint density at radius 1 is 1.08 bits per heavy atom. The molecule has 5 aromatic rings. The molecule has 182 valence electrons. The summed E-state index contributed by atoms with van der Waals surface area (Å²) in [4.78, 5) is 31.2. The van der Waals surface area contributed by atoms with Crippen molar-refractivity contribution in [2.24, 2.45) is 5.14 Å². The Kier molecular flexibility index (Phi) is 5.66. The highest BCUT2D eigenvalue weighted by Crippen LogP contribution is 2.40. The number of pyridine rings is 1. The van der Waals surface area contributed by atoms with Crippen LogP contribution < -0.4 is 15.4 Å². The Bertz CT molecular complexity index is 1840. The smallest absolute Gasteiger partial charge is 0.292 e. The number of aryl methyl sites for hydroxylation is 1. The summed E-state index contributed by atoms with van der Waals surface area (Å²) >= 11 is 1.16. The first-order valence-corrected chi connectivity index (χ1v) is 13.0. The second kappa shape index (κ2) is 8.59. The number of primary sulfonamides is 1. The van der Waals surface area contributed by atoms with Gasteiger partial charge in [0.15, 0.2) is 5.78 Å². The number of rotatable bonds is 5. The third-order valence-corrected chi connectivity index (χ3v) is 7.75. The maximum atomic E-state index is 13.4. The van der Waals surface area contributed by atoms with E-state index in [9.17, 15) is 18.0 Å². The quantitative estimate of drug-likeness (QED) is 0.347. The van der Waals surface area contributed by atoms with E-state index in [0.29, 0.717) is 48.7 Å². The first kappa shape index (κ1) is 23.7. The summed E-state index contributed by atoms with van der Waals surface area (Å²) in [6, 6.07) is 12.7. The molecule has 3 aromatic heterocycles. The van der Waals surface area contributed by atoms with E-state index in [1.165, 1.54) is 31.2 Å². The maximum Gasteiger partial charge on any atom is 0.292 e. The topological polar surface area (TPSA) is 147 Å². The highest BCUT2D eigenvalue weighted by atomic mass is 32.2. The van der Waals surface area contributed by atoms with Crippen LogP contribution in [0.1, 0.15) is 23.0 Å². The van der Waals surface area contributed by atoms with Crippen molar-refractivity contribution in [3.63, 3.8) is 0 Å². The molecular weight excluding hydrogens is 502 g/mol. The van der Waals surface area contributed by atoms with Crippen molar-refractivity contribution in [3.05, 3.63) is 70.1 Å². The largest absolute Gasteiger partial charge is 0.497 e. The van der Waals surface area contributed by atoms with Crippen LogP contribution in [0, 0.1) is 6.92 Å². The van der Waals surface area contributed by atoms with E-state index in [1.807, 2.05) is 12.1 Å². The molecule has 0 aliphatic carbocycles. The average molecular weight is 522 g/mol. The molecule has 2 aromatic carbocycles. The zero-order valence-electron chi connectivity index (χ0n) is 19.3. The summed E-state index contributed by atoms with van der Waals surface area (Å²) in [5.41, 5.74) is 2.57. The second-order valence-corrected chi connectivity index (χ2v) is 10.6. The van der Waals surface area contributed by atoms with E-state index in [-0.39, 0.29) is 10.7 Å². The van der Waals surface area contributed by atoms with Crippen molar-refractivity contribution in [2.45, 2.75) is 18.7 Å². The third-order valence-electron chi connectivity index (χ3n) is 5.76. The van der Waals surface area contributed by atoms with Crippen LogP contribution in [0.15, 0.2) is 58.2 Å². The van der Waals surface area contributed by atoms with Crippen molar-refractivity contribution in [1.29, 1.82) is 0 Å². The molecule has 0 radical (unpaired) electrons. The first-order valence-electron chi connectivity index (χ1n) is 10.6. The molecule has 0 spiro atoms. The zero-order valence-corrected chi connectivity index (χ0v) is 21.0. The van der Waals surface area contributed by atoms with Gasteiger partial charge in [-0.2, -0.15) is 4.68 Å². The number of benzene rings is 2. The number of thiophene rings is 1. The van der Waals surface area contributed by atoms with E-state index in [2.05, 4.69) is 15.3 Å². The Balaban J connectivity index is 1.80. The Hall–Kier alpha value is -4.00. The Morgan fingerprint density at radius 3 is 2.33 bits per heavy atom. The summed E-state index contributed by atoms with van der Waals surface area (Å²) in [7, 11) is -2.31. The van der Waals surface area contributed by atoms with Crippen molar-refractivity contribution in [3.8, 4) is 22.6 Å². The number of aromatic nitrogens is 4. The lowest BCUT2D eigenvalue weighted by Crippen LogP contribution is -2.22. The van der Waals surface area contributed by atoms with Gasteiger partial charge in [-0.3, -0.25) is 9.59 Å². The minimum atomic E-state index is -3.88. The number of nitrogens with two attached hydrogens (primary N) is 1. The predicted octanol–water partition coefficient (Wildman–Crippen LogP) is 3.22. The fourth-order valence-corrected chi connectivity index (χ4v) is 5.72. The highest BCUT2D eigenvalue weighted by molar-refractivity contribution is 7.89. The van der Waals surface area contributed by atoms with Gasteiger partial charge in [0.05, 0.1) is 23.4 Å². The fourth-order valence-electron chi connectivity index (χ4n) is 4.12. The van der Waals surface area contributed by atoms with Gasteiger partial charge < -0.3 is 4.74 Å². The summed E-state index contributed by atoms with van der Waals surface area (Å²) in [5.74, 6) is 0.500. The summed E-state index contributed by atoms with van der Waals surface area (Å²) in [5, 5.41) is 14.2. The van der Waals surface area contributed by atoms with E-state index in [4.69, 9.17) is 9.88 Å². The number of ketones is 1. The maximum absolute atomic E-state index is 13.4. The van der Waals surface area contributed by atoms with Crippen LogP contribution in [0.4, 0.5) is 0 Å². The van der Waals surface area contributed by atoms with E-state index >= 15 is 0 Å². The molecule has 0 aliphatic rings. The third kappa shape index (κ3) is 3.85. The number of methoxy groups -OCH3 is 1. The monoisotopic (exact) mass is 521 g/mol. The number of carbonyl (C=O) groups excluding carboxylic acids is 1. The van der Waals surface area contributed by atoms with Gasteiger partial charge in [-0.05, 0) is 55.8 Å². The molecular formula is C24H19N5O5S2. The summed E-state index contributed by atoms with van der Waals surface area (Å²) in [6.07, 6.45) is 0. The number of nitrogens with zero attached hydrogens (tertiary/aromatic N) is 4. The van der Waals surface area contributed by atoms with Crippen LogP contribution in [0.5, 0.6) is 5.75 Å². The van der Waals surface area contributed by atoms with Gasteiger partial charge in [0, 0.05) is 16.5 Å². The van der Waals surface area contributed by atoms with Crippen molar-refractivity contribution in [1.82, 2.24) is 20.0 Å². The Labute approximate surface area is 209 Å². The van der Waals surface area contributed by atoms with Gasteiger partial charge in [-0.1, -0.05) is 17.3 Å². The molecule has 3 heterocycles. The first-order chi connectivity index (χ1) is 17.1. The molecule has 0 amide bonds. The second-order valence-electron chi connectivity index (χ2n) is 8.04. The molecule has 0 saturated heterocycles. The molecule has 0 aliphatic heterocycles. The molecule has 0 unspecified atom stereocenters. The number of carbonyl (C=O) groups is 1. The van der Waals surface area contributed by atoms with Gasteiger partial charge >= 0.3 is 0 Å². The molecule has 0 fully saturated rings. The number of hydrogen-bond acceptors (Lipinski definition) is 9. The standard InChI is InChI=1S/C24H19N5O5S2/c1-12-18(13(2)30)19(14-4-8-16(34-3)9-5-14)20-21-22(35-23(20)26-12)24(31)29(28-27-21)15-6-10-17(11-7-15)36(25,32)33/h4-11H,1-3H3,(H2,25,32,33). The van der Waals surface area contributed by atoms with Crippen LogP contribution >= 0.6 is 11.3 Å². The number of hydrogen-bond donors (Lipinski definition) is 1. The number of Topliss-reactive ketones (excluding diaryl/α,β-unsaturated/α-hetero) is 1. The van der Waals surface area contributed by atoms with Gasteiger partial charge in [-0.25, -0.2) is 18.5 Å². The van der Waals surface area contributed by atoms with Crippen LogP contribution in [0.2, 0.25) is 0 Å². The minimum Gasteiger partial charge on any atom is -0.497 e. The van der Waals surface area contributed by atoms with Gasteiger partial charge in [-0.15, -0.1) is 16.4 Å². The van der Waals surface area contributed by atoms with Gasteiger partial charge in [0.2, 0.25) is 10.0 Å². The van der Waals surface area contributed by atoms with Crippen molar-refractivity contribution < 1.29 is 17.9 Å². The number of fused-ring (bicyclic) bond motifs is 3. The van der Waals surface area contributed by atoms with Gasteiger partial charge in [0.25, 0.3) is 5.56 Å². The molecule has 36 heavy (non-hydrogen) atoms. The lowest BCUT2D eigenvalue weighted by Gasteiger charge is -2.12. The number of ether oxygens (including phenoxy) is 1. The summed E-state index contributed by atoms with van der Waals surface area (Å²) in [6.45, 7) is 3.23. The normalized spacial score (nSPS) is 11.8. The predicted molar refractivity (Wildman–Crippen MR) is 136 cm³/mol. The zero-order chi connectivity index (χ0) is 25.8. The van der Waals surface area contributed by atoms with Gasteiger partial charge in [0.1, 0.15) is 20.8 Å². The minimum absolute atomic E-state index is 0.0873. The summed E-state index contributed by atoms with van der Waals surface area (Å²) < 4.78 is 29.8. The van der Waals surface area contributed by atoms with Crippen LogP contribution in [-0.4, -0.2) is 41.3 Å². The highest BCUT2D eigenvalue weighted by Gasteiger charge is 2.24. The van der Waals surface area contributed by atoms with Crippen molar-refractivity contribution in [2.75, 3.05) is 7.11 Å². The molecule has 5 rings (SSSR count). The lowest BCUT2D eigenvalue weighted by atomic mass is 9.94. The Morgan fingerprint density at radius 2 is 1.75 bits per heavy atom. The molecule has 12 heteroatoms. The lowest BCUT2D eigenvalue weighted by molar-refractivity contribution is 0.101. The SMILES string of the molecule is COc1ccc(-c2c(C(C)=O)c(C)nc3sc4c(=O)n(-c5ccc(S(N)(=O)=O)cc5)nnc4c23)cc1. The number of sulfonamides is 1. The molecule has 10 nitrogen and oxygen atoms in total. The van der Waals surface area contributed by atoms with E-state index in [0.717, 1.165) is 21.6 Å². The fraction of sp³-hybridized carbons (Fsp3) is 0.125. The molecule has 0 saturated carbocycles. The molecule has 0 bridgehead atoms. The molecule has 2 N–H and O–H groups in total. The average Bonchev–Trinajstić information content (AvgIpc) is 3.21. The van der Waals surface area contributed by atoms with E-state index < -0.39 is 15.6 Å². The van der Waals surface area contributed by atoms with Crippen molar-refractivity contribution >= 4 is 47.6 Å². The molecule has 0 atom stereocenters. The van der Waals surface area contributed by atoms with Crippen LogP contribution in [0.3, 0.4) is 0 Å². The van der Waals surface area contributed by atoms with Crippen LogP contribution in [0.25, 0.3) is 37.2 Å².